The minimum atomic E-state index is -0.355. The highest BCUT2D eigenvalue weighted by atomic mass is 16.6. The van der Waals surface area contributed by atoms with Crippen molar-refractivity contribution in [3.63, 3.8) is 0 Å². The van der Waals surface area contributed by atoms with Gasteiger partial charge in [0.2, 0.25) is 0 Å². The smallest absolute Gasteiger partial charge is 0.269 e. The minimum absolute atomic E-state index is 0.126. The molecular weight excluding hydrogens is 392 g/mol. The van der Waals surface area contributed by atoms with Crippen LogP contribution in [0.1, 0.15) is 23.1 Å². The van der Waals surface area contributed by atoms with Gasteiger partial charge in [0.05, 0.1) is 17.4 Å². The van der Waals surface area contributed by atoms with Gasteiger partial charge in [-0.25, -0.2) is 0 Å². The number of likely N-dealkylation sites (N-methyl/N-ethyl adjacent to an activating group) is 1. The highest BCUT2D eigenvalue weighted by Gasteiger charge is 2.58. The number of methoxy groups -OCH3 is 1. The lowest BCUT2D eigenvalue weighted by Crippen LogP contribution is -2.54. The van der Waals surface area contributed by atoms with Crippen LogP contribution >= 0.6 is 0 Å². The van der Waals surface area contributed by atoms with Crippen LogP contribution in [0.15, 0.2) is 59.9 Å². The Kier molecular flexibility index (Phi) is 3.87. The molecule has 2 heterocycles. The standard InChI is InChI=1S/C25H24N2O4/c1-26-10-9-25-19-12-16(11-15-3-6-18(7-4-15)27(28)29)13-22(25)31-24-21(30-2)8-5-17(23(24)25)14-20(19)26/h3-8,12-13,16,20H,9-11,14H2,1-2H3/t16-,20-,25-/m1/s1. The fraction of sp³-hybridized carbons (Fsp3) is 0.360. The van der Waals surface area contributed by atoms with Gasteiger partial charge in [-0.2, -0.15) is 0 Å². The molecule has 1 saturated heterocycles. The van der Waals surface area contributed by atoms with E-state index in [9.17, 15) is 10.1 Å². The summed E-state index contributed by atoms with van der Waals surface area (Å²) in [5.41, 5.74) is 5.17. The monoisotopic (exact) mass is 416 g/mol. The van der Waals surface area contributed by atoms with Gasteiger partial charge in [-0.05, 0) is 55.2 Å². The largest absolute Gasteiger partial charge is 0.493 e. The zero-order chi connectivity index (χ0) is 21.3. The third kappa shape index (κ3) is 2.48. The van der Waals surface area contributed by atoms with Crippen molar-refractivity contribution in [2.24, 2.45) is 5.92 Å². The van der Waals surface area contributed by atoms with Crippen LogP contribution in [0.2, 0.25) is 0 Å². The molecule has 0 amide bonds. The van der Waals surface area contributed by atoms with Crippen LogP contribution in [0.25, 0.3) is 0 Å². The third-order valence-corrected chi connectivity index (χ3v) is 7.50. The lowest BCUT2D eigenvalue weighted by molar-refractivity contribution is -0.384. The molecule has 158 valence electrons. The number of non-ortho nitro benzene ring substituents is 1. The van der Waals surface area contributed by atoms with Crippen molar-refractivity contribution in [1.29, 1.82) is 0 Å². The number of nitrogens with zero attached hydrogens (tertiary/aromatic N) is 2. The predicted octanol–water partition coefficient (Wildman–Crippen LogP) is 4.18. The first-order chi connectivity index (χ1) is 15.0. The first-order valence-electron chi connectivity index (χ1n) is 10.8. The van der Waals surface area contributed by atoms with E-state index in [4.69, 9.17) is 9.47 Å². The highest BCUT2D eigenvalue weighted by Crippen LogP contribution is 2.63. The van der Waals surface area contributed by atoms with Gasteiger partial charge in [0, 0.05) is 36.2 Å². The molecule has 2 aliphatic carbocycles. The lowest BCUT2D eigenvalue weighted by atomic mass is 9.58. The summed E-state index contributed by atoms with van der Waals surface area (Å²) in [5, 5.41) is 11.0. The molecule has 1 fully saturated rings. The van der Waals surface area contributed by atoms with Gasteiger partial charge >= 0.3 is 0 Å². The fourth-order valence-electron chi connectivity index (χ4n) is 6.05. The summed E-state index contributed by atoms with van der Waals surface area (Å²) >= 11 is 0. The van der Waals surface area contributed by atoms with Crippen LogP contribution in [0, 0.1) is 16.0 Å². The van der Waals surface area contributed by atoms with Crippen molar-refractivity contribution in [1.82, 2.24) is 4.90 Å². The number of nitro benzene ring substituents is 1. The Morgan fingerprint density at radius 2 is 2.03 bits per heavy atom. The molecular formula is C25H24N2O4. The first-order valence-corrected chi connectivity index (χ1v) is 10.8. The molecule has 4 aliphatic rings. The van der Waals surface area contributed by atoms with Crippen molar-refractivity contribution in [3.8, 4) is 11.5 Å². The zero-order valence-corrected chi connectivity index (χ0v) is 17.6. The van der Waals surface area contributed by atoms with Crippen LogP contribution in [0.3, 0.4) is 0 Å². The molecule has 1 spiro atoms. The van der Waals surface area contributed by atoms with E-state index >= 15 is 0 Å². The SMILES string of the molecule is COc1ccc2c3c1OC1=C[C@H](Cc4ccc([N+](=O)[O-])cc4)C=C4[C@@H](C2)N(C)CC[C@]143. The predicted molar refractivity (Wildman–Crippen MR) is 116 cm³/mol. The maximum Gasteiger partial charge on any atom is 0.269 e. The Hall–Kier alpha value is -3.12. The second kappa shape index (κ2) is 6.44. The van der Waals surface area contributed by atoms with E-state index in [2.05, 4.69) is 30.2 Å². The van der Waals surface area contributed by atoms with Crippen LogP contribution in [-0.2, 0) is 18.3 Å². The van der Waals surface area contributed by atoms with Gasteiger partial charge in [-0.3, -0.25) is 15.0 Å². The van der Waals surface area contributed by atoms with Crippen molar-refractivity contribution >= 4 is 5.69 Å². The van der Waals surface area contributed by atoms with E-state index in [-0.39, 0.29) is 21.9 Å². The summed E-state index contributed by atoms with van der Waals surface area (Å²) < 4.78 is 12.2. The first kappa shape index (κ1) is 18.6. The second-order valence-electron chi connectivity index (χ2n) is 9.03. The van der Waals surface area contributed by atoms with E-state index in [1.54, 1.807) is 19.2 Å². The maximum atomic E-state index is 11.0. The Morgan fingerprint density at radius 1 is 1.23 bits per heavy atom. The quantitative estimate of drug-likeness (QED) is 0.425. The number of nitro groups is 1. The van der Waals surface area contributed by atoms with Gasteiger partial charge in [-0.1, -0.05) is 24.3 Å². The van der Waals surface area contributed by atoms with Crippen molar-refractivity contribution in [2.75, 3.05) is 20.7 Å². The number of hydrogen-bond acceptors (Lipinski definition) is 5. The second-order valence-corrected chi connectivity index (χ2v) is 9.03. The third-order valence-electron chi connectivity index (χ3n) is 7.50. The van der Waals surface area contributed by atoms with Crippen LogP contribution in [0.4, 0.5) is 5.69 Å². The van der Waals surface area contributed by atoms with Crippen LogP contribution in [-0.4, -0.2) is 36.6 Å². The normalized spacial score (nSPS) is 27.7. The summed E-state index contributed by atoms with van der Waals surface area (Å²) in [5.74, 6) is 2.91. The number of piperidine rings is 1. The Bertz CT molecular complexity index is 1170. The number of likely N-dealkylation sites (tertiary alicyclic amines) is 1. The molecule has 0 aromatic heterocycles. The Balaban J connectivity index is 1.44. The average molecular weight is 416 g/mol. The molecule has 0 radical (unpaired) electrons. The van der Waals surface area contributed by atoms with E-state index in [0.717, 1.165) is 48.6 Å². The molecule has 2 bridgehead atoms. The van der Waals surface area contributed by atoms with E-state index < -0.39 is 0 Å². The Morgan fingerprint density at radius 3 is 2.77 bits per heavy atom. The maximum absolute atomic E-state index is 11.0. The zero-order valence-electron chi connectivity index (χ0n) is 17.6. The lowest BCUT2D eigenvalue weighted by Gasteiger charge is -2.51. The van der Waals surface area contributed by atoms with Crippen molar-refractivity contribution in [3.05, 3.63) is 86.7 Å². The minimum Gasteiger partial charge on any atom is -0.493 e. The molecule has 6 rings (SSSR count). The fourth-order valence-corrected chi connectivity index (χ4v) is 6.05. The van der Waals surface area contributed by atoms with Crippen LogP contribution < -0.4 is 9.47 Å². The number of rotatable bonds is 4. The number of ether oxygens (including phenoxy) is 2. The molecule has 31 heavy (non-hydrogen) atoms. The van der Waals surface area contributed by atoms with E-state index in [1.807, 2.05) is 18.2 Å². The van der Waals surface area contributed by atoms with Gasteiger partial charge in [0.1, 0.15) is 5.76 Å². The topological polar surface area (TPSA) is 64.8 Å². The highest BCUT2D eigenvalue weighted by molar-refractivity contribution is 5.69. The van der Waals surface area contributed by atoms with Gasteiger partial charge in [0.25, 0.3) is 5.69 Å². The Labute approximate surface area is 180 Å². The summed E-state index contributed by atoms with van der Waals surface area (Å²) in [7, 11) is 3.91. The van der Waals surface area contributed by atoms with Gasteiger partial charge < -0.3 is 9.47 Å². The number of allylic oxidation sites excluding steroid dienone is 3. The average Bonchev–Trinajstić information content (AvgIpc) is 3.10. The van der Waals surface area contributed by atoms with Crippen LogP contribution in [0.5, 0.6) is 11.5 Å². The van der Waals surface area contributed by atoms with Crippen molar-refractivity contribution in [2.45, 2.75) is 30.7 Å². The van der Waals surface area contributed by atoms with E-state index in [0.29, 0.717) is 6.04 Å². The summed E-state index contributed by atoms with van der Waals surface area (Å²) in [6.45, 7) is 1.03. The molecule has 6 nitrogen and oxygen atoms in total. The molecule has 0 saturated carbocycles. The summed E-state index contributed by atoms with van der Waals surface area (Å²) in [6.07, 6.45) is 7.49. The summed E-state index contributed by atoms with van der Waals surface area (Å²) in [4.78, 5) is 13.1. The van der Waals surface area contributed by atoms with Gasteiger partial charge in [0.15, 0.2) is 11.5 Å². The molecule has 0 N–H and O–H groups in total. The van der Waals surface area contributed by atoms with E-state index in [1.165, 1.54) is 16.7 Å². The molecule has 2 aromatic rings. The molecule has 2 aliphatic heterocycles. The number of benzene rings is 2. The molecule has 6 heteroatoms. The molecule has 3 atom stereocenters. The molecule has 0 unspecified atom stereocenters. The van der Waals surface area contributed by atoms with Crippen molar-refractivity contribution < 1.29 is 14.4 Å². The summed E-state index contributed by atoms with van der Waals surface area (Å²) in [6, 6.07) is 11.5. The molecule has 2 aromatic carbocycles. The van der Waals surface area contributed by atoms with Gasteiger partial charge in [-0.15, -0.1) is 0 Å². The number of hydrogen-bond donors (Lipinski definition) is 0.